The third kappa shape index (κ3) is 4.35. The van der Waals surface area contributed by atoms with Crippen molar-refractivity contribution in [1.82, 2.24) is 5.32 Å². The molecule has 0 bridgehead atoms. The molecule has 6 nitrogen and oxygen atoms in total. The van der Waals surface area contributed by atoms with Gasteiger partial charge in [0.2, 0.25) is 0 Å². The molecule has 132 valence electrons. The van der Waals surface area contributed by atoms with E-state index in [0.717, 1.165) is 11.5 Å². The molecule has 1 heterocycles. The fraction of sp³-hybridized carbons (Fsp3) is 0.316. The van der Waals surface area contributed by atoms with Crippen molar-refractivity contribution in [2.24, 2.45) is 0 Å². The second kappa shape index (κ2) is 7.79. The van der Waals surface area contributed by atoms with Gasteiger partial charge < -0.3 is 24.3 Å². The van der Waals surface area contributed by atoms with Gasteiger partial charge in [0, 0.05) is 0 Å². The fourth-order valence-electron chi connectivity index (χ4n) is 2.43. The number of benzene rings is 2. The Morgan fingerprint density at radius 1 is 1.16 bits per heavy atom. The SMILES string of the molecule is COc1ccc(O[C@@H](C)C(=O)NC[C@@H]2COc3ccccc3O2)cc1. The number of para-hydroxylation sites is 2. The summed E-state index contributed by atoms with van der Waals surface area (Å²) in [6.45, 7) is 2.45. The average Bonchev–Trinajstić information content (AvgIpc) is 2.66. The molecule has 0 saturated carbocycles. The number of hydrogen-bond acceptors (Lipinski definition) is 5. The second-order valence-corrected chi connectivity index (χ2v) is 5.68. The maximum absolute atomic E-state index is 12.2. The number of methoxy groups -OCH3 is 1. The van der Waals surface area contributed by atoms with Crippen LogP contribution in [0.4, 0.5) is 0 Å². The Bertz CT molecular complexity index is 716. The van der Waals surface area contributed by atoms with Gasteiger partial charge in [-0.1, -0.05) is 12.1 Å². The lowest BCUT2D eigenvalue weighted by Gasteiger charge is -2.27. The molecule has 0 fully saturated rings. The molecule has 6 heteroatoms. The summed E-state index contributed by atoms with van der Waals surface area (Å²) in [5, 5.41) is 2.83. The zero-order chi connectivity index (χ0) is 17.6. The van der Waals surface area contributed by atoms with E-state index in [-0.39, 0.29) is 12.0 Å². The number of carbonyl (C=O) groups excluding carboxylic acids is 1. The number of hydrogen-bond donors (Lipinski definition) is 1. The monoisotopic (exact) mass is 343 g/mol. The number of rotatable bonds is 6. The van der Waals surface area contributed by atoms with Crippen molar-refractivity contribution in [3.8, 4) is 23.0 Å². The van der Waals surface area contributed by atoms with Crippen LogP contribution < -0.4 is 24.3 Å². The summed E-state index contributed by atoms with van der Waals surface area (Å²) in [4.78, 5) is 12.2. The lowest BCUT2D eigenvalue weighted by molar-refractivity contribution is -0.127. The van der Waals surface area contributed by atoms with Crippen LogP contribution in [0.1, 0.15) is 6.92 Å². The van der Waals surface area contributed by atoms with Gasteiger partial charge in [-0.3, -0.25) is 4.79 Å². The maximum Gasteiger partial charge on any atom is 0.260 e. The predicted octanol–water partition coefficient (Wildman–Crippen LogP) is 2.42. The summed E-state index contributed by atoms with van der Waals surface area (Å²) < 4.78 is 22.2. The first-order valence-corrected chi connectivity index (χ1v) is 8.12. The van der Waals surface area contributed by atoms with E-state index in [1.165, 1.54) is 0 Å². The molecule has 0 unspecified atom stereocenters. The highest BCUT2D eigenvalue weighted by Gasteiger charge is 2.22. The van der Waals surface area contributed by atoms with Gasteiger partial charge in [-0.05, 0) is 43.3 Å². The predicted molar refractivity (Wildman–Crippen MR) is 92.4 cm³/mol. The van der Waals surface area contributed by atoms with Crippen molar-refractivity contribution in [3.05, 3.63) is 48.5 Å². The van der Waals surface area contributed by atoms with Crippen molar-refractivity contribution in [2.45, 2.75) is 19.1 Å². The molecule has 1 amide bonds. The van der Waals surface area contributed by atoms with Gasteiger partial charge in [-0.25, -0.2) is 0 Å². The second-order valence-electron chi connectivity index (χ2n) is 5.68. The largest absolute Gasteiger partial charge is 0.497 e. The summed E-state index contributed by atoms with van der Waals surface area (Å²) in [7, 11) is 1.60. The Morgan fingerprint density at radius 2 is 1.84 bits per heavy atom. The van der Waals surface area contributed by atoms with E-state index in [4.69, 9.17) is 18.9 Å². The Morgan fingerprint density at radius 3 is 2.56 bits per heavy atom. The summed E-state index contributed by atoms with van der Waals surface area (Å²) in [5.74, 6) is 2.55. The molecule has 2 aromatic carbocycles. The van der Waals surface area contributed by atoms with Crippen LogP contribution in [-0.2, 0) is 4.79 Å². The third-order valence-electron chi connectivity index (χ3n) is 3.81. The minimum Gasteiger partial charge on any atom is -0.497 e. The zero-order valence-corrected chi connectivity index (χ0v) is 14.2. The number of fused-ring (bicyclic) bond motifs is 1. The van der Waals surface area contributed by atoms with Gasteiger partial charge in [-0.15, -0.1) is 0 Å². The van der Waals surface area contributed by atoms with E-state index in [0.29, 0.717) is 24.7 Å². The molecule has 0 aromatic heterocycles. The Kier molecular flexibility index (Phi) is 5.28. The lowest BCUT2D eigenvalue weighted by Crippen LogP contribution is -2.44. The van der Waals surface area contributed by atoms with E-state index in [1.54, 1.807) is 38.3 Å². The van der Waals surface area contributed by atoms with E-state index < -0.39 is 6.10 Å². The highest BCUT2D eigenvalue weighted by Crippen LogP contribution is 2.30. The normalized spacial score (nSPS) is 16.6. The van der Waals surface area contributed by atoms with Gasteiger partial charge >= 0.3 is 0 Å². The summed E-state index contributed by atoms with van der Waals surface area (Å²) in [6, 6.07) is 14.6. The minimum absolute atomic E-state index is 0.210. The first-order valence-electron chi connectivity index (χ1n) is 8.12. The van der Waals surface area contributed by atoms with Crippen LogP contribution in [-0.4, -0.2) is 38.4 Å². The molecule has 1 aliphatic heterocycles. The van der Waals surface area contributed by atoms with E-state index >= 15 is 0 Å². The average molecular weight is 343 g/mol. The van der Waals surface area contributed by atoms with Crippen molar-refractivity contribution < 1.29 is 23.7 Å². The van der Waals surface area contributed by atoms with Crippen LogP contribution in [0.25, 0.3) is 0 Å². The van der Waals surface area contributed by atoms with Crippen molar-refractivity contribution in [1.29, 1.82) is 0 Å². The van der Waals surface area contributed by atoms with Crippen molar-refractivity contribution >= 4 is 5.91 Å². The first-order chi connectivity index (χ1) is 12.2. The van der Waals surface area contributed by atoms with Gasteiger partial charge in [0.15, 0.2) is 17.6 Å². The molecule has 2 atom stereocenters. The zero-order valence-electron chi connectivity index (χ0n) is 14.2. The molecule has 1 aliphatic rings. The molecule has 25 heavy (non-hydrogen) atoms. The number of nitrogens with one attached hydrogen (secondary N) is 1. The Hall–Kier alpha value is -2.89. The van der Waals surface area contributed by atoms with Gasteiger partial charge in [0.25, 0.3) is 5.91 Å². The molecule has 0 spiro atoms. The minimum atomic E-state index is -0.620. The van der Waals surface area contributed by atoms with Crippen molar-refractivity contribution in [3.63, 3.8) is 0 Å². The van der Waals surface area contributed by atoms with Crippen LogP contribution in [0.15, 0.2) is 48.5 Å². The van der Waals surface area contributed by atoms with Crippen LogP contribution >= 0.6 is 0 Å². The fourth-order valence-corrected chi connectivity index (χ4v) is 2.43. The molecule has 3 rings (SSSR count). The molecule has 1 N–H and O–H groups in total. The summed E-state index contributed by atoms with van der Waals surface area (Å²) in [5.41, 5.74) is 0. The topological polar surface area (TPSA) is 66.0 Å². The van der Waals surface area contributed by atoms with Crippen molar-refractivity contribution in [2.75, 3.05) is 20.3 Å². The van der Waals surface area contributed by atoms with Gasteiger partial charge in [-0.2, -0.15) is 0 Å². The summed E-state index contributed by atoms with van der Waals surface area (Å²) in [6.07, 6.45) is -0.850. The summed E-state index contributed by atoms with van der Waals surface area (Å²) >= 11 is 0. The molecule has 2 aromatic rings. The first kappa shape index (κ1) is 17.0. The molecular formula is C19H21NO5. The quantitative estimate of drug-likeness (QED) is 0.873. The van der Waals surface area contributed by atoms with E-state index in [9.17, 15) is 4.79 Å². The highest BCUT2D eigenvalue weighted by atomic mass is 16.6. The number of ether oxygens (including phenoxy) is 4. The molecule has 0 saturated heterocycles. The van der Waals surface area contributed by atoms with Gasteiger partial charge in [0.05, 0.1) is 13.7 Å². The Labute approximate surface area is 146 Å². The molecule has 0 radical (unpaired) electrons. The molecular weight excluding hydrogens is 322 g/mol. The third-order valence-corrected chi connectivity index (χ3v) is 3.81. The smallest absolute Gasteiger partial charge is 0.260 e. The number of carbonyl (C=O) groups is 1. The Balaban J connectivity index is 1.47. The molecule has 0 aliphatic carbocycles. The standard InChI is InChI=1S/C19H21NO5/c1-13(24-15-9-7-14(22-2)8-10-15)19(21)20-11-16-12-23-17-5-3-4-6-18(17)25-16/h3-10,13,16H,11-12H2,1-2H3,(H,20,21)/t13-,16+/m0/s1. The van der Waals surface area contributed by atoms with Crippen LogP contribution in [0.5, 0.6) is 23.0 Å². The van der Waals surface area contributed by atoms with Gasteiger partial charge in [0.1, 0.15) is 24.2 Å². The lowest BCUT2D eigenvalue weighted by atomic mass is 10.2. The highest BCUT2D eigenvalue weighted by molar-refractivity contribution is 5.80. The number of amides is 1. The maximum atomic E-state index is 12.2. The van der Waals surface area contributed by atoms with Crippen LogP contribution in [0, 0.1) is 0 Å². The van der Waals surface area contributed by atoms with Crippen LogP contribution in [0.3, 0.4) is 0 Å². The van der Waals surface area contributed by atoms with E-state index in [2.05, 4.69) is 5.32 Å². The van der Waals surface area contributed by atoms with E-state index in [1.807, 2.05) is 24.3 Å². The van der Waals surface area contributed by atoms with Crippen LogP contribution in [0.2, 0.25) is 0 Å².